The van der Waals surface area contributed by atoms with E-state index in [1.165, 1.54) is 0 Å². The first-order valence-corrected chi connectivity index (χ1v) is 4.46. The van der Waals surface area contributed by atoms with Gasteiger partial charge in [-0.3, -0.25) is 0 Å². The summed E-state index contributed by atoms with van der Waals surface area (Å²) in [6.07, 6.45) is 0. The molecule has 0 nitrogen and oxygen atoms in total. The lowest BCUT2D eigenvalue weighted by Gasteiger charge is -2.00. The normalized spacial score (nSPS) is 11.6. The summed E-state index contributed by atoms with van der Waals surface area (Å²) in [6, 6.07) is 3.45. The molecule has 1 aromatic rings. The fourth-order valence-corrected chi connectivity index (χ4v) is 1.25. The van der Waals surface area contributed by atoms with Gasteiger partial charge < -0.3 is 0 Å². The lowest BCUT2D eigenvalue weighted by atomic mass is 10.3. The average Bonchev–Trinajstić information content (AvgIpc) is 1.86. The highest BCUT2D eigenvalue weighted by molar-refractivity contribution is 6.73. The Morgan fingerprint density at radius 3 is 2.09 bits per heavy atom. The number of hydrogen-bond acceptors (Lipinski definition) is 0. The highest BCUT2D eigenvalue weighted by Gasteiger charge is 2.39. The van der Waals surface area contributed by atoms with Gasteiger partial charge in [0.15, 0.2) is 0 Å². The summed E-state index contributed by atoms with van der Waals surface area (Å²) in [5.41, 5.74) is 0. The summed E-state index contributed by atoms with van der Waals surface area (Å²) in [7, 11) is -5.80. The molecular formula is C6H4F4Si. The van der Waals surface area contributed by atoms with Crippen molar-refractivity contribution in [3.8, 4) is 0 Å². The van der Waals surface area contributed by atoms with Gasteiger partial charge in [-0.25, -0.2) is 16.7 Å². The van der Waals surface area contributed by atoms with Crippen molar-refractivity contribution in [2.24, 2.45) is 0 Å². The molecule has 0 fully saturated rings. The average molecular weight is 180 g/mol. The first-order chi connectivity index (χ1) is 5.00. The molecule has 0 aliphatic heterocycles. The largest absolute Gasteiger partial charge is 0.653 e. The van der Waals surface area contributed by atoms with Gasteiger partial charge in [-0.15, -0.1) is 0 Å². The van der Waals surface area contributed by atoms with Crippen LogP contribution >= 0.6 is 0 Å². The van der Waals surface area contributed by atoms with E-state index < -0.39 is 20.1 Å². The van der Waals surface area contributed by atoms with Crippen LogP contribution in [0.3, 0.4) is 0 Å². The van der Waals surface area contributed by atoms with E-state index in [9.17, 15) is 16.7 Å². The van der Waals surface area contributed by atoms with Crippen LogP contribution in [0.1, 0.15) is 0 Å². The molecule has 0 heterocycles. The molecule has 0 unspecified atom stereocenters. The van der Waals surface area contributed by atoms with Crippen molar-refractivity contribution in [1.82, 2.24) is 0 Å². The standard InChI is InChI=1S/C6H4F4Si/c7-5-2-1-3-6(4-5)11(8,9)10/h1-4H. The number of hydrogen-bond donors (Lipinski definition) is 0. The molecule has 0 aromatic heterocycles. The molecule has 0 N–H and O–H groups in total. The Balaban J connectivity index is 3.06. The van der Waals surface area contributed by atoms with E-state index >= 15 is 0 Å². The summed E-state index contributed by atoms with van der Waals surface area (Å²) < 4.78 is 48.0. The van der Waals surface area contributed by atoms with Gasteiger partial charge in [-0.1, -0.05) is 12.1 Å². The van der Waals surface area contributed by atoms with Gasteiger partial charge in [0.2, 0.25) is 0 Å². The van der Waals surface area contributed by atoms with Crippen molar-refractivity contribution in [3.63, 3.8) is 0 Å². The first-order valence-electron chi connectivity index (χ1n) is 2.83. The second kappa shape index (κ2) is 2.65. The summed E-state index contributed by atoms with van der Waals surface area (Å²) in [5, 5.41) is -0.822. The molecule has 0 saturated carbocycles. The van der Waals surface area contributed by atoms with Crippen molar-refractivity contribution in [1.29, 1.82) is 0 Å². The number of rotatable bonds is 1. The van der Waals surface area contributed by atoms with E-state index in [1.54, 1.807) is 0 Å². The quantitative estimate of drug-likeness (QED) is 0.351. The maximum absolute atomic E-state index is 12.2. The fourth-order valence-electron chi connectivity index (χ4n) is 0.665. The molecule has 0 radical (unpaired) electrons. The first kappa shape index (κ1) is 8.26. The van der Waals surface area contributed by atoms with E-state index in [2.05, 4.69) is 0 Å². The van der Waals surface area contributed by atoms with E-state index in [0.29, 0.717) is 6.07 Å². The molecule has 0 bridgehead atoms. The maximum atomic E-state index is 12.2. The second-order valence-electron chi connectivity index (χ2n) is 2.01. The summed E-state index contributed by atoms with van der Waals surface area (Å²) in [4.78, 5) is 0. The third-order valence-corrected chi connectivity index (χ3v) is 2.12. The predicted molar refractivity (Wildman–Crippen MR) is 35.1 cm³/mol. The minimum Gasteiger partial charge on any atom is -0.234 e. The minimum absolute atomic E-state index is 0.520. The van der Waals surface area contributed by atoms with Crippen LogP contribution in [-0.2, 0) is 0 Å². The molecule has 1 rings (SSSR count). The maximum Gasteiger partial charge on any atom is 0.653 e. The smallest absolute Gasteiger partial charge is 0.234 e. The molecule has 0 spiro atoms. The topological polar surface area (TPSA) is 0 Å². The molecule has 0 atom stereocenters. The highest BCUT2D eigenvalue weighted by Crippen LogP contribution is 2.08. The van der Waals surface area contributed by atoms with Gasteiger partial charge in [-0.05, 0) is 12.1 Å². The molecule has 11 heavy (non-hydrogen) atoms. The molecule has 0 aliphatic rings. The molecule has 0 amide bonds. The Hall–Kier alpha value is -0.843. The van der Waals surface area contributed by atoms with E-state index in [0.717, 1.165) is 18.2 Å². The molecule has 0 saturated heterocycles. The summed E-state index contributed by atoms with van der Waals surface area (Å²) in [6.45, 7) is 0. The lowest BCUT2D eigenvalue weighted by molar-refractivity contribution is 0.500. The van der Waals surface area contributed by atoms with E-state index in [-0.39, 0.29) is 0 Å². The van der Waals surface area contributed by atoms with Gasteiger partial charge >= 0.3 is 9.08 Å². The van der Waals surface area contributed by atoms with Crippen molar-refractivity contribution >= 4 is 14.3 Å². The molecule has 0 aliphatic carbocycles. The second-order valence-corrected chi connectivity index (χ2v) is 3.58. The number of benzene rings is 1. The molecule has 60 valence electrons. The third kappa shape index (κ3) is 2.04. The Bertz CT molecular complexity index is 255. The van der Waals surface area contributed by atoms with E-state index in [1.807, 2.05) is 0 Å². The summed E-state index contributed by atoms with van der Waals surface area (Å²) in [5.74, 6) is -0.840. The Morgan fingerprint density at radius 2 is 1.73 bits per heavy atom. The van der Waals surface area contributed by atoms with Gasteiger partial charge in [0.05, 0.1) is 0 Å². The van der Waals surface area contributed by atoms with E-state index in [4.69, 9.17) is 0 Å². The predicted octanol–water partition coefficient (Wildman–Crippen LogP) is 1.88. The zero-order chi connectivity index (χ0) is 8.48. The Labute approximate surface area is 62.0 Å². The van der Waals surface area contributed by atoms with Crippen molar-refractivity contribution in [3.05, 3.63) is 30.1 Å². The van der Waals surface area contributed by atoms with Crippen LogP contribution in [0, 0.1) is 5.82 Å². The lowest BCUT2D eigenvalue weighted by Crippen LogP contribution is -2.33. The fraction of sp³-hybridized carbons (Fsp3) is 0. The zero-order valence-electron chi connectivity index (χ0n) is 5.32. The monoisotopic (exact) mass is 180 g/mol. The van der Waals surface area contributed by atoms with Crippen LogP contribution in [0.15, 0.2) is 24.3 Å². The number of halogens is 4. The Morgan fingerprint density at radius 1 is 1.09 bits per heavy atom. The van der Waals surface area contributed by atoms with Crippen LogP contribution in [0.4, 0.5) is 16.7 Å². The van der Waals surface area contributed by atoms with Gasteiger partial charge in [0.1, 0.15) is 5.82 Å². The van der Waals surface area contributed by atoms with Crippen molar-refractivity contribution < 1.29 is 16.7 Å². The van der Waals surface area contributed by atoms with Crippen molar-refractivity contribution in [2.45, 2.75) is 0 Å². The van der Waals surface area contributed by atoms with Gasteiger partial charge in [0.25, 0.3) is 0 Å². The third-order valence-electron chi connectivity index (χ3n) is 1.15. The van der Waals surface area contributed by atoms with Gasteiger partial charge in [0, 0.05) is 5.19 Å². The SMILES string of the molecule is Fc1cccc([Si](F)(F)F)c1. The van der Waals surface area contributed by atoms with Crippen LogP contribution < -0.4 is 5.19 Å². The van der Waals surface area contributed by atoms with Crippen LogP contribution in [0.5, 0.6) is 0 Å². The van der Waals surface area contributed by atoms with Gasteiger partial charge in [-0.2, -0.15) is 0 Å². The minimum atomic E-state index is -5.80. The Kier molecular flexibility index (Phi) is 1.99. The van der Waals surface area contributed by atoms with Crippen LogP contribution in [0.25, 0.3) is 0 Å². The van der Waals surface area contributed by atoms with Crippen LogP contribution in [0.2, 0.25) is 0 Å². The zero-order valence-corrected chi connectivity index (χ0v) is 6.32. The molecular weight excluding hydrogens is 176 g/mol. The summed E-state index contributed by atoms with van der Waals surface area (Å²) >= 11 is 0. The molecule has 1 aromatic carbocycles. The van der Waals surface area contributed by atoms with Crippen molar-refractivity contribution in [2.75, 3.05) is 0 Å². The highest BCUT2D eigenvalue weighted by atomic mass is 28.5. The van der Waals surface area contributed by atoms with Crippen LogP contribution in [-0.4, -0.2) is 9.08 Å². The molecule has 5 heteroatoms.